The number of aromatic nitrogens is 1. The highest BCUT2D eigenvalue weighted by atomic mass is 14.9. The van der Waals surface area contributed by atoms with Gasteiger partial charge in [0.2, 0.25) is 0 Å². The van der Waals surface area contributed by atoms with Gasteiger partial charge in [0.05, 0.1) is 0 Å². The quantitative estimate of drug-likeness (QED) is 0.759. The summed E-state index contributed by atoms with van der Waals surface area (Å²) in [5.74, 6) is 0.643. The summed E-state index contributed by atoms with van der Waals surface area (Å²) in [5.41, 5.74) is 6.94. The molecule has 0 spiro atoms. The Morgan fingerprint density at radius 1 is 1.47 bits per heavy atom. The normalized spacial score (nSPS) is 13.6. The number of pyridine rings is 1. The Hall–Kier alpha value is -0.930. The fourth-order valence-corrected chi connectivity index (χ4v) is 1.88. The lowest BCUT2D eigenvalue weighted by Gasteiger charge is -2.26. The van der Waals surface area contributed by atoms with E-state index >= 15 is 0 Å². The van der Waals surface area contributed by atoms with Crippen LogP contribution < -0.4 is 11.1 Å². The van der Waals surface area contributed by atoms with Crippen LogP contribution in [0.2, 0.25) is 0 Å². The van der Waals surface area contributed by atoms with Crippen LogP contribution in [0.15, 0.2) is 24.5 Å². The van der Waals surface area contributed by atoms with Crippen molar-refractivity contribution in [3.05, 3.63) is 30.1 Å². The van der Waals surface area contributed by atoms with E-state index in [4.69, 9.17) is 5.73 Å². The van der Waals surface area contributed by atoms with Crippen LogP contribution in [0.3, 0.4) is 0 Å². The second-order valence-corrected chi connectivity index (χ2v) is 5.44. The van der Waals surface area contributed by atoms with Gasteiger partial charge in [-0.15, -0.1) is 0 Å². The minimum atomic E-state index is 0.122. The van der Waals surface area contributed by atoms with E-state index in [2.05, 4.69) is 37.1 Å². The first-order valence-electron chi connectivity index (χ1n) is 6.37. The molecular weight excluding hydrogens is 210 g/mol. The molecule has 0 aliphatic heterocycles. The molecule has 1 heterocycles. The van der Waals surface area contributed by atoms with Crippen LogP contribution in [0.25, 0.3) is 0 Å². The van der Waals surface area contributed by atoms with Crippen LogP contribution in [0.4, 0.5) is 0 Å². The van der Waals surface area contributed by atoms with Gasteiger partial charge in [0.15, 0.2) is 0 Å². The molecule has 0 fully saturated rings. The molecule has 0 aromatic carbocycles. The van der Waals surface area contributed by atoms with Gasteiger partial charge in [0, 0.05) is 24.4 Å². The Labute approximate surface area is 105 Å². The number of hydrogen-bond donors (Lipinski definition) is 2. The van der Waals surface area contributed by atoms with E-state index in [1.807, 2.05) is 18.5 Å². The minimum absolute atomic E-state index is 0.122. The summed E-state index contributed by atoms with van der Waals surface area (Å²) in [7, 11) is 0. The Kier molecular flexibility index (Phi) is 5.59. The van der Waals surface area contributed by atoms with Crippen LogP contribution in [0.5, 0.6) is 0 Å². The molecule has 0 radical (unpaired) electrons. The Morgan fingerprint density at radius 2 is 2.24 bits per heavy atom. The van der Waals surface area contributed by atoms with Gasteiger partial charge >= 0.3 is 0 Å². The average Bonchev–Trinajstić information content (AvgIpc) is 2.30. The number of hydrogen-bond acceptors (Lipinski definition) is 3. The molecule has 0 bridgehead atoms. The average molecular weight is 235 g/mol. The molecular formula is C14H25N3. The zero-order chi connectivity index (χ0) is 12.7. The fourth-order valence-electron chi connectivity index (χ4n) is 1.88. The van der Waals surface area contributed by atoms with Crippen LogP contribution >= 0.6 is 0 Å². The molecule has 1 atom stereocenters. The van der Waals surface area contributed by atoms with Crippen molar-refractivity contribution in [2.24, 2.45) is 11.7 Å². The maximum Gasteiger partial charge on any atom is 0.0305 e. The molecule has 96 valence electrons. The van der Waals surface area contributed by atoms with Crippen LogP contribution in [0.1, 0.15) is 32.8 Å². The van der Waals surface area contributed by atoms with Gasteiger partial charge in [0.25, 0.3) is 0 Å². The van der Waals surface area contributed by atoms with E-state index in [1.54, 1.807) is 0 Å². The number of rotatable bonds is 7. The minimum Gasteiger partial charge on any atom is -0.330 e. The molecule has 1 aromatic heterocycles. The summed E-state index contributed by atoms with van der Waals surface area (Å²) in [6.45, 7) is 9.48. The van der Waals surface area contributed by atoms with E-state index < -0.39 is 0 Å². The van der Waals surface area contributed by atoms with Crippen LogP contribution in [-0.4, -0.2) is 24.6 Å². The molecule has 3 heteroatoms. The highest BCUT2D eigenvalue weighted by molar-refractivity contribution is 5.19. The SMILES string of the molecule is CC(CCN)CNCC(C)(C)c1cccnc1. The van der Waals surface area contributed by atoms with E-state index in [1.165, 1.54) is 5.56 Å². The third kappa shape index (κ3) is 4.84. The van der Waals surface area contributed by atoms with Crippen molar-refractivity contribution in [2.75, 3.05) is 19.6 Å². The van der Waals surface area contributed by atoms with Gasteiger partial charge in [0.1, 0.15) is 0 Å². The van der Waals surface area contributed by atoms with E-state index in [0.717, 1.165) is 26.1 Å². The lowest BCUT2D eigenvalue weighted by atomic mass is 9.85. The first-order chi connectivity index (χ1) is 8.06. The third-order valence-electron chi connectivity index (χ3n) is 3.16. The first kappa shape index (κ1) is 14.1. The maximum absolute atomic E-state index is 5.54. The number of nitrogens with one attached hydrogen (secondary N) is 1. The van der Waals surface area contributed by atoms with Gasteiger partial charge in [-0.05, 0) is 37.1 Å². The third-order valence-corrected chi connectivity index (χ3v) is 3.16. The molecule has 1 rings (SSSR count). The summed E-state index contributed by atoms with van der Waals surface area (Å²) in [4.78, 5) is 4.18. The topological polar surface area (TPSA) is 50.9 Å². The molecule has 1 aromatic rings. The van der Waals surface area contributed by atoms with E-state index in [0.29, 0.717) is 5.92 Å². The molecule has 0 amide bonds. The van der Waals surface area contributed by atoms with Crippen molar-refractivity contribution in [2.45, 2.75) is 32.6 Å². The largest absolute Gasteiger partial charge is 0.330 e. The van der Waals surface area contributed by atoms with Crippen molar-refractivity contribution < 1.29 is 0 Å². The van der Waals surface area contributed by atoms with Crippen molar-refractivity contribution in [3.63, 3.8) is 0 Å². The standard InChI is InChI=1S/C14H25N3/c1-12(6-7-15)9-17-11-14(2,3)13-5-4-8-16-10-13/h4-5,8,10,12,17H,6-7,9,11,15H2,1-3H3. The van der Waals surface area contributed by atoms with Crippen molar-refractivity contribution in [1.82, 2.24) is 10.3 Å². The van der Waals surface area contributed by atoms with Crippen molar-refractivity contribution in [1.29, 1.82) is 0 Å². The number of nitrogens with zero attached hydrogens (tertiary/aromatic N) is 1. The molecule has 0 aliphatic rings. The van der Waals surface area contributed by atoms with Gasteiger partial charge < -0.3 is 11.1 Å². The monoisotopic (exact) mass is 235 g/mol. The second-order valence-electron chi connectivity index (χ2n) is 5.44. The maximum atomic E-state index is 5.54. The smallest absolute Gasteiger partial charge is 0.0305 e. The predicted molar refractivity (Wildman–Crippen MR) is 73.0 cm³/mol. The molecule has 0 saturated carbocycles. The van der Waals surface area contributed by atoms with E-state index in [9.17, 15) is 0 Å². The zero-order valence-electron chi connectivity index (χ0n) is 11.2. The fraction of sp³-hybridized carbons (Fsp3) is 0.643. The van der Waals surface area contributed by atoms with Crippen molar-refractivity contribution in [3.8, 4) is 0 Å². The highest BCUT2D eigenvalue weighted by Gasteiger charge is 2.20. The Morgan fingerprint density at radius 3 is 2.82 bits per heavy atom. The lowest BCUT2D eigenvalue weighted by Crippen LogP contribution is -2.35. The molecule has 0 saturated heterocycles. The zero-order valence-corrected chi connectivity index (χ0v) is 11.2. The Bertz CT molecular complexity index is 309. The molecule has 1 unspecified atom stereocenters. The van der Waals surface area contributed by atoms with Gasteiger partial charge in [-0.2, -0.15) is 0 Å². The summed E-state index contributed by atoms with van der Waals surface area (Å²) >= 11 is 0. The first-order valence-corrected chi connectivity index (χ1v) is 6.37. The van der Waals surface area contributed by atoms with Crippen LogP contribution in [0, 0.1) is 5.92 Å². The summed E-state index contributed by atoms with van der Waals surface area (Å²) in [6, 6.07) is 4.13. The molecule has 17 heavy (non-hydrogen) atoms. The molecule has 3 nitrogen and oxygen atoms in total. The Balaban J connectivity index is 2.40. The summed E-state index contributed by atoms with van der Waals surface area (Å²) in [5, 5.41) is 3.53. The van der Waals surface area contributed by atoms with Crippen LogP contribution in [-0.2, 0) is 5.41 Å². The second kappa shape index (κ2) is 6.72. The van der Waals surface area contributed by atoms with Crippen molar-refractivity contribution >= 4 is 0 Å². The molecule has 0 aliphatic carbocycles. The summed E-state index contributed by atoms with van der Waals surface area (Å²) in [6.07, 6.45) is 4.85. The van der Waals surface area contributed by atoms with Gasteiger partial charge in [-0.3, -0.25) is 4.98 Å². The summed E-state index contributed by atoms with van der Waals surface area (Å²) < 4.78 is 0. The van der Waals surface area contributed by atoms with E-state index in [-0.39, 0.29) is 5.41 Å². The molecule has 3 N–H and O–H groups in total. The highest BCUT2D eigenvalue weighted by Crippen LogP contribution is 2.20. The van der Waals surface area contributed by atoms with Gasteiger partial charge in [-0.1, -0.05) is 26.8 Å². The lowest BCUT2D eigenvalue weighted by molar-refractivity contribution is 0.421. The predicted octanol–water partition coefficient (Wildman–Crippen LogP) is 1.93. The van der Waals surface area contributed by atoms with Gasteiger partial charge in [-0.25, -0.2) is 0 Å². The number of nitrogens with two attached hydrogens (primary N) is 1.